The summed E-state index contributed by atoms with van der Waals surface area (Å²) >= 11 is 0. The summed E-state index contributed by atoms with van der Waals surface area (Å²) in [5.41, 5.74) is 9.10. The van der Waals surface area contributed by atoms with E-state index in [1.54, 1.807) is 6.20 Å². The summed E-state index contributed by atoms with van der Waals surface area (Å²) in [4.78, 5) is 17.4. The minimum absolute atomic E-state index is 0.411. The molecule has 0 saturated heterocycles. The van der Waals surface area contributed by atoms with Gasteiger partial charge in [-0.1, -0.05) is 30.3 Å². The molecule has 0 aliphatic heterocycles. The zero-order valence-electron chi connectivity index (χ0n) is 19.0. The Bertz CT molecular complexity index is 1050. The quantitative estimate of drug-likeness (QED) is 0.390. The Labute approximate surface area is 189 Å². The number of amides is 1. The van der Waals surface area contributed by atoms with E-state index in [-0.39, 0.29) is 0 Å². The van der Waals surface area contributed by atoms with E-state index in [1.165, 1.54) is 4.90 Å². The minimum Gasteiger partial charge on any atom is -0.489 e. The second-order valence-corrected chi connectivity index (χ2v) is 8.78. The van der Waals surface area contributed by atoms with Crippen molar-refractivity contribution in [3.63, 3.8) is 0 Å². The molecule has 4 N–H and O–H groups in total. The monoisotopic (exact) mass is 436 g/mol. The van der Waals surface area contributed by atoms with E-state index in [0.717, 1.165) is 40.7 Å². The van der Waals surface area contributed by atoms with Gasteiger partial charge in [0.25, 0.3) is 0 Å². The normalized spacial score (nSPS) is 11.3. The van der Waals surface area contributed by atoms with Crippen LogP contribution in [0.3, 0.4) is 0 Å². The first-order valence-electron chi connectivity index (χ1n) is 10.8. The summed E-state index contributed by atoms with van der Waals surface area (Å²) in [6, 6.07) is 15.8. The Morgan fingerprint density at radius 3 is 2.59 bits per heavy atom. The summed E-state index contributed by atoms with van der Waals surface area (Å²) in [5, 5.41) is 13.7. The van der Waals surface area contributed by atoms with Crippen molar-refractivity contribution < 1.29 is 14.6 Å². The first kappa shape index (κ1) is 23.2. The predicted octanol–water partition coefficient (Wildman–Crippen LogP) is 5.37. The van der Waals surface area contributed by atoms with E-state index >= 15 is 0 Å². The molecule has 1 aromatic heterocycles. The molecule has 3 rings (SSSR count). The number of carbonyl (C=O) groups is 1. The first-order chi connectivity index (χ1) is 15.3. The fraction of sp³-hybridized carbons (Fsp3) is 0.360. The third kappa shape index (κ3) is 6.03. The number of nitrogens with one attached hydrogen (secondary N) is 1. The highest BCUT2D eigenvalue weighted by Crippen LogP contribution is 2.30. The Hall–Kier alpha value is -3.48. The van der Waals surface area contributed by atoms with Crippen molar-refractivity contribution in [1.29, 1.82) is 0 Å². The largest absolute Gasteiger partial charge is 0.489 e. The molecule has 0 fully saturated rings. The van der Waals surface area contributed by atoms with Gasteiger partial charge in [-0.15, -0.1) is 0 Å². The summed E-state index contributed by atoms with van der Waals surface area (Å²) in [5.74, 6) is 0.750. The summed E-state index contributed by atoms with van der Waals surface area (Å²) in [7, 11) is 0. The van der Waals surface area contributed by atoms with Crippen molar-refractivity contribution >= 4 is 28.4 Å². The molecule has 170 valence electrons. The third-order valence-electron chi connectivity index (χ3n) is 5.27. The molecular formula is C25H32N4O3. The van der Waals surface area contributed by atoms with Crippen molar-refractivity contribution in [2.45, 2.75) is 45.8 Å². The molecule has 0 saturated carbocycles. The van der Waals surface area contributed by atoms with Crippen LogP contribution < -0.4 is 15.8 Å². The van der Waals surface area contributed by atoms with E-state index in [1.807, 2.05) is 69.3 Å². The molecule has 3 aromatic rings. The Morgan fingerprint density at radius 1 is 1.16 bits per heavy atom. The number of pyridine rings is 1. The Morgan fingerprint density at radius 2 is 1.91 bits per heavy atom. The van der Waals surface area contributed by atoms with Gasteiger partial charge in [0.2, 0.25) is 0 Å². The summed E-state index contributed by atoms with van der Waals surface area (Å²) < 4.78 is 5.91. The van der Waals surface area contributed by atoms with Crippen LogP contribution in [0, 0.1) is 0 Å². The standard InChI is InChI=1S/C25H32N4O3/c1-25(2,3)29(24(30)31)14-8-7-13-27-23-20-12-11-19(15-22(20)28-16-21(23)26)32-17-18-9-5-4-6-10-18/h4-6,9-12,15-16H,7-8,13-14,17,26H2,1-3H3,(H,27,28)(H,30,31). The third-order valence-corrected chi connectivity index (χ3v) is 5.27. The number of nitrogens with zero attached hydrogens (tertiary/aromatic N) is 2. The minimum atomic E-state index is -0.889. The SMILES string of the molecule is CC(C)(C)N(CCCCNc1c(N)cnc2cc(OCc3ccccc3)ccc12)C(=O)O. The number of nitrogens with two attached hydrogens (primary N) is 1. The first-order valence-corrected chi connectivity index (χ1v) is 10.8. The maximum atomic E-state index is 11.5. The van der Waals surface area contributed by atoms with E-state index in [0.29, 0.717) is 25.4 Å². The molecule has 7 nitrogen and oxygen atoms in total. The average molecular weight is 437 g/mol. The predicted molar refractivity (Wildman–Crippen MR) is 129 cm³/mol. The lowest BCUT2D eigenvalue weighted by atomic mass is 10.1. The van der Waals surface area contributed by atoms with Gasteiger partial charge in [-0.05, 0) is 51.3 Å². The molecule has 2 aromatic carbocycles. The Balaban J connectivity index is 1.60. The number of carboxylic acid groups (broad SMARTS) is 1. The fourth-order valence-corrected chi connectivity index (χ4v) is 3.54. The van der Waals surface area contributed by atoms with Crippen LogP contribution in [0.2, 0.25) is 0 Å². The van der Waals surface area contributed by atoms with Gasteiger partial charge < -0.3 is 25.8 Å². The van der Waals surface area contributed by atoms with Gasteiger partial charge in [0.05, 0.1) is 23.1 Å². The van der Waals surface area contributed by atoms with Gasteiger partial charge in [0, 0.05) is 30.1 Å². The molecule has 7 heteroatoms. The number of ether oxygens (including phenoxy) is 1. The van der Waals surface area contributed by atoms with E-state index in [9.17, 15) is 9.90 Å². The topological polar surface area (TPSA) is 101 Å². The van der Waals surface area contributed by atoms with Crippen LogP contribution in [0.25, 0.3) is 10.9 Å². The molecule has 0 aliphatic rings. The Kier molecular flexibility index (Phi) is 7.41. The van der Waals surface area contributed by atoms with Gasteiger partial charge in [-0.3, -0.25) is 4.98 Å². The van der Waals surface area contributed by atoms with Crippen LogP contribution in [0.1, 0.15) is 39.2 Å². The summed E-state index contributed by atoms with van der Waals surface area (Å²) in [6.07, 6.45) is 2.34. The van der Waals surface area contributed by atoms with Crippen LogP contribution in [0.15, 0.2) is 54.7 Å². The van der Waals surface area contributed by atoms with Crippen LogP contribution >= 0.6 is 0 Å². The highest BCUT2D eigenvalue weighted by atomic mass is 16.5. The van der Waals surface area contributed by atoms with E-state index in [2.05, 4.69) is 10.3 Å². The molecule has 1 amide bonds. The number of hydrogen-bond acceptors (Lipinski definition) is 5. The second-order valence-electron chi connectivity index (χ2n) is 8.78. The van der Waals surface area contributed by atoms with Gasteiger partial charge in [-0.25, -0.2) is 4.79 Å². The molecule has 0 unspecified atom stereocenters. The zero-order valence-corrected chi connectivity index (χ0v) is 19.0. The van der Waals surface area contributed by atoms with Crippen molar-refractivity contribution in [2.75, 3.05) is 24.1 Å². The van der Waals surface area contributed by atoms with Crippen molar-refractivity contribution in [1.82, 2.24) is 9.88 Å². The maximum absolute atomic E-state index is 11.5. The number of benzene rings is 2. The lowest BCUT2D eigenvalue weighted by Gasteiger charge is -2.33. The zero-order chi connectivity index (χ0) is 23.1. The average Bonchev–Trinajstić information content (AvgIpc) is 2.75. The van der Waals surface area contributed by atoms with Gasteiger partial charge >= 0.3 is 6.09 Å². The van der Waals surface area contributed by atoms with Gasteiger partial charge in [-0.2, -0.15) is 0 Å². The highest BCUT2D eigenvalue weighted by Gasteiger charge is 2.25. The molecule has 0 bridgehead atoms. The number of aromatic nitrogens is 1. The molecule has 1 heterocycles. The van der Waals surface area contributed by atoms with Crippen LogP contribution in [-0.2, 0) is 6.61 Å². The lowest BCUT2D eigenvalue weighted by Crippen LogP contribution is -2.45. The smallest absolute Gasteiger partial charge is 0.407 e. The lowest BCUT2D eigenvalue weighted by molar-refractivity contribution is 0.0993. The van der Waals surface area contributed by atoms with Crippen molar-refractivity contribution in [2.24, 2.45) is 0 Å². The molecule has 0 radical (unpaired) electrons. The summed E-state index contributed by atoms with van der Waals surface area (Å²) in [6.45, 7) is 7.39. The number of unbranched alkanes of at least 4 members (excludes halogenated alkanes) is 1. The van der Waals surface area contributed by atoms with Crippen LogP contribution in [0.4, 0.5) is 16.2 Å². The fourth-order valence-electron chi connectivity index (χ4n) is 3.54. The van der Waals surface area contributed by atoms with Crippen LogP contribution in [0.5, 0.6) is 5.75 Å². The van der Waals surface area contributed by atoms with Crippen molar-refractivity contribution in [3.8, 4) is 5.75 Å². The number of nitrogen functional groups attached to an aromatic ring is 1. The van der Waals surface area contributed by atoms with Gasteiger partial charge in [0.15, 0.2) is 0 Å². The number of hydrogen-bond donors (Lipinski definition) is 3. The second kappa shape index (κ2) is 10.2. The van der Waals surface area contributed by atoms with E-state index in [4.69, 9.17) is 10.5 Å². The number of fused-ring (bicyclic) bond motifs is 1. The maximum Gasteiger partial charge on any atom is 0.407 e. The van der Waals surface area contributed by atoms with Crippen LogP contribution in [-0.4, -0.2) is 39.7 Å². The van der Waals surface area contributed by atoms with Gasteiger partial charge in [0.1, 0.15) is 12.4 Å². The molecular weight excluding hydrogens is 404 g/mol. The molecule has 32 heavy (non-hydrogen) atoms. The highest BCUT2D eigenvalue weighted by molar-refractivity contribution is 5.97. The number of rotatable bonds is 9. The number of anilines is 2. The molecule has 0 atom stereocenters. The molecule has 0 spiro atoms. The van der Waals surface area contributed by atoms with E-state index < -0.39 is 11.6 Å². The molecule has 0 aliphatic carbocycles. The van der Waals surface area contributed by atoms with Crippen molar-refractivity contribution in [3.05, 3.63) is 60.3 Å².